The van der Waals surface area contributed by atoms with Crippen molar-refractivity contribution >= 4 is 11.8 Å². The van der Waals surface area contributed by atoms with Crippen LogP contribution in [0.2, 0.25) is 0 Å². The second-order valence-electron chi connectivity index (χ2n) is 4.09. The van der Waals surface area contributed by atoms with Crippen LogP contribution in [-0.2, 0) is 14.3 Å². The van der Waals surface area contributed by atoms with Crippen LogP contribution >= 0.6 is 0 Å². The number of rotatable bonds is 3. The molecule has 2 fully saturated rings. The molecule has 0 aliphatic carbocycles. The average Bonchev–Trinajstić information content (AvgIpc) is 2.31. The van der Waals surface area contributed by atoms with Gasteiger partial charge in [0.1, 0.15) is 6.04 Å². The third-order valence-corrected chi connectivity index (χ3v) is 3.04. The van der Waals surface area contributed by atoms with Gasteiger partial charge in [0.2, 0.25) is 11.8 Å². The van der Waals surface area contributed by atoms with Gasteiger partial charge in [0, 0.05) is 13.0 Å². The minimum absolute atomic E-state index is 0.00627. The van der Waals surface area contributed by atoms with Crippen LogP contribution in [0, 0.1) is 0 Å². The number of carbonyl (C=O) groups excluding carboxylic acids is 2. The zero-order chi connectivity index (χ0) is 11.5. The van der Waals surface area contributed by atoms with E-state index in [4.69, 9.17) is 4.74 Å². The van der Waals surface area contributed by atoms with Gasteiger partial charge in [-0.2, -0.15) is 0 Å². The Labute approximate surface area is 94.4 Å². The van der Waals surface area contributed by atoms with Crippen molar-refractivity contribution in [3.8, 4) is 0 Å². The molecule has 2 atom stereocenters. The number of carbonyl (C=O) groups is 2. The minimum Gasteiger partial charge on any atom is -0.374 e. The molecule has 0 spiro atoms. The molecule has 88 valence electrons. The summed E-state index contributed by atoms with van der Waals surface area (Å²) in [4.78, 5) is 24.8. The fraction of sp³-hybridized carbons (Fsp3) is 0.636. The normalized spacial score (nSPS) is 29.6. The second-order valence-corrected chi connectivity index (χ2v) is 4.09. The molecule has 2 unspecified atom stereocenters. The molecule has 0 aromatic heterocycles. The molecule has 2 aliphatic heterocycles. The SMILES string of the molecule is C=CCOC1CCN2C(=O)CNC(=O)C2C1. The van der Waals surface area contributed by atoms with E-state index in [1.165, 1.54) is 0 Å². The van der Waals surface area contributed by atoms with E-state index >= 15 is 0 Å². The Morgan fingerprint density at radius 3 is 3.12 bits per heavy atom. The van der Waals surface area contributed by atoms with Crippen LogP contribution in [0.25, 0.3) is 0 Å². The maximum absolute atomic E-state index is 11.6. The van der Waals surface area contributed by atoms with Crippen LogP contribution in [0.5, 0.6) is 0 Å². The summed E-state index contributed by atoms with van der Waals surface area (Å²) in [6, 6.07) is -0.343. The first-order chi connectivity index (χ1) is 7.72. The number of nitrogens with zero attached hydrogens (tertiary/aromatic N) is 1. The van der Waals surface area contributed by atoms with Crippen LogP contribution in [0.15, 0.2) is 12.7 Å². The van der Waals surface area contributed by atoms with Gasteiger partial charge in [0.25, 0.3) is 0 Å². The molecule has 1 N–H and O–H groups in total. The van der Waals surface area contributed by atoms with Gasteiger partial charge in [-0.15, -0.1) is 6.58 Å². The summed E-state index contributed by atoms with van der Waals surface area (Å²) in [7, 11) is 0. The van der Waals surface area contributed by atoms with Gasteiger partial charge in [-0.3, -0.25) is 9.59 Å². The van der Waals surface area contributed by atoms with Crippen molar-refractivity contribution < 1.29 is 14.3 Å². The lowest BCUT2D eigenvalue weighted by atomic mass is 9.97. The highest BCUT2D eigenvalue weighted by Gasteiger charge is 2.39. The summed E-state index contributed by atoms with van der Waals surface area (Å²) >= 11 is 0. The van der Waals surface area contributed by atoms with Gasteiger partial charge in [0.05, 0.1) is 19.3 Å². The van der Waals surface area contributed by atoms with Crippen molar-refractivity contribution in [3.05, 3.63) is 12.7 Å². The van der Waals surface area contributed by atoms with Gasteiger partial charge in [0.15, 0.2) is 0 Å². The first-order valence-corrected chi connectivity index (χ1v) is 5.52. The smallest absolute Gasteiger partial charge is 0.243 e. The van der Waals surface area contributed by atoms with Crippen LogP contribution in [0.1, 0.15) is 12.8 Å². The van der Waals surface area contributed by atoms with Gasteiger partial charge < -0.3 is 15.0 Å². The first kappa shape index (κ1) is 11.1. The number of amides is 2. The van der Waals surface area contributed by atoms with Crippen LogP contribution in [-0.4, -0.2) is 48.6 Å². The number of ether oxygens (including phenoxy) is 1. The van der Waals surface area contributed by atoms with Gasteiger partial charge >= 0.3 is 0 Å². The minimum atomic E-state index is -0.343. The van der Waals surface area contributed by atoms with E-state index in [-0.39, 0.29) is 30.5 Å². The van der Waals surface area contributed by atoms with E-state index in [1.807, 2.05) is 0 Å². The molecule has 5 heteroatoms. The van der Waals surface area contributed by atoms with Crippen LogP contribution in [0.4, 0.5) is 0 Å². The summed E-state index contributed by atoms with van der Waals surface area (Å²) in [5.41, 5.74) is 0. The number of hydrogen-bond acceptors (Lipinski definition) is 3. The zero-order valence-corrected chi connectivity index (χ0v) is 9.15. The molecule has 2 heterocycles. The molecular formula is C11H16N2O3. The first-order valence-electron chi connectivity index (χ1n) is 5.52. The van der Waals surface area contributed by atoms with Crippen LogP contribution < -0.4 is 5.32 Å². The van der Waals surface area contributed by atoms with E-state index in [0.29, 0.717) is 19.6 Å². The topological polar surface area (TPSA) is 58.6 Å². The average molecular weight is 224 g/mol. The highest BCUT2D eigenvalue weighted by Crippen LogP contribution is 2.22. The van der Waals surface area contributed by atoms with Gasteiger partial charge in [-0.1, -0.05) is 6.08 Å². The molecule has 0 saturated carbocycles. The molecule has 2 amide bonds. The Balaban J connectivity index is 1.98. The van der Waals surface area contributed by atoms with Gasteiger partial charge in [-0.05, 0) is 6.42 Å². The van der Waals surface area contributed by atoms with E-state index in [1.54, 1.807) is 11.0 Å². The predicted octanol–water partition coefficient (Wildman–Crippen LogP) is -0.322. The molecule has 5 nitrogen and oxygen atoms in total. The largest absolute Gasteiger partial charge is 0.374 e. The second kappa shape index (κ2) is 4.65. The summed E-state index contributed by atoms with van der Waals surface area (Å²) in [6.07, 6.45) is 3.13. The molecule has 2 aliphatic rings. The number of fused-ring (bicyclic) bond motifs is 1. The Kier molecular flexibility index (Phi) is 3.24. The Morgan fingerprint density at radius 2 is 2.38 bits per heavy atom. The zero-order valence-electron chi connectivity index (χ0n) is 9.15. The lowest BCUT2D eigenvalue weighted by molar-refractivity contribution is -0.150. The van der Waals surface area contributed by atoms with Crippen molar-refractivity contribution in [2.75, 3.05) is 19.7 Å². The number of piperazine rings is 1. The fourth-order valence-corrected chi connectivity index (χ4v) is 2.22. The van der Waals surface area contributed by atoms with Crippen LogP contribution in [0.3, 0.4) is 0 Å². The Hall–Kier alpha value is -1.36. The number of piperidine rings is 1. The maximum atomic E-state index is 11.6. The third-order valence-electron chi connectivity index (χ3n) is 3.04. The molecular weight excluding hydrogens is 208 g/mol. The molecule has 0 aromatic rings. The third kappa shape index (κ3) is 2.09. The van der Waals surface area contributed by atoms with E-state index < -0.39 is 0 Å². The van der Waals surface area contributed by atoms with Crippen molar-refractivity contribution in [2.24, 2.45) is 0 Å². The van der Waals surface area contributed by atoms with E-state index in [2.05, 4.69) is 11.9 Å². The van der Waals surface area contributed by atoms with Crippen molar-refractivity contribution in [3.63, 3.8) is 0 Å². The highest BCUT2D eigenvalue weighted by atomic mass is 16.5. The lowest BCUT2D eigenvalue weighted by Crippen LogP contribution is -2.61. The molecule has 0 radical (unpaired) electrons. The number of nitrogens with one attached hydrogen (secondary N) is 1. The fourth-order valence-electron chi connectivity index (χ4n) is 2.22. The quantitative estimate of drug-likeness (QED) is 0.668. The lowest BCUT2D eigenvalue weighted by Gasteiger charge is -2.41. The highest BCUT2D eigenvalue weighted by molar-refractivity contribution is 5.94. The molecule has 16 heavy (non-hydrogen) atoms. The summed E-state index contributed by atoms with van der Waals surface area (Å²) < 4.78 is 5.53. The number of hydrogen-bond donors (Lipinski definition) is 1. The Morgan fingerprint density at radius 1 is 1.56 bits per heavy atom. The predicted molar refractivity (Wildman–Crippen MR) is 57.7 cm³/mol. The Bertz CT molecular complexity index is 316. The van der Waals surface area contributed by atoms with E-state index in [9.17, 15) is 9.59 Å². The summed E-state index contributed by atoms with van der Waals surface area (Å²) in [5.74, 6) is -0.0572. The monoisotopic (exact) mass is 224 g/mol. The van der Waals surface area contributed by atoms with Crippen molar-refractivity contribution in [1.29, 1.82) is 0 Å². The van der Waals surface area contributed by atoms with Crippen molar-refractivity contribution in [1.82, 2.24) is 10.2 Å². The molecule has 0 aromatic carbocycles. The van der Waals surface area contributed by atoms with Gasteiger partial charge in [-0.25, -0.2) is 0 Å². The molecule has 0 bridgehead atoms. The molecule has 2 saturated heterocycles. The summed E-state index contributed by atoms with van der Waals surface area (Å²) in [6.45, 7) is 4.82. The summed E-state index contributed by atoms with van der Waals surface area (Å²) in [5, 5.41) is 2.60. The maximum Gasteiger partial charge on any atom is 0.243 e. The standard InChI is InChI=1S/C11H16N2O3/c1-2-5-16-8-3-4-13-9(6-8)11(15)12-7-10(13)14/h2,8-9H,1,3-7H2,(H,12,15). The van der Waals surface area contributed by atoms with Crippen molar-refractivity contribution in [2.45, 2.75) is 25.0 Å². The molecule has 2 rings (SSSR count). The van der Waals surface area contributed by atoms with E-state index in [0.717, 1.165) is 6.42 Å².